The van der Waals surface area contributed by atoms with E-state index in [1.54, 1.807) is 0 Å². The second kappa shape index (κ2) is 7.07. The minimum absolute atomic E-state index is 0.738. The zero-order valence-corrected chi connectivity index (χ0v) is 9.33. The Balaban J connectivity index is 2.12. The third-order valence-electron chi connectivity index (χ3n) is 2.06. The predicted octanol–water partition coefficient (Wildman–Crippen LogP) is 3.00. The van der Waals surface area contributed by atoms with Gasteiger partial charge in [-0.3, -0.25) is 0 Å². The molecule has 15 heavy (non-hydrogen) atoms. The summed E-state index contributed by atoms with van der Waals surface area (Å²) in [6, 6.07) is 8.34. The van der Waals surface area contributed by atoms with E-state index >= 15 is 0 Å². The largest absolute Gasteiger partial charge is 0.383 e. The van der Waals surface area contributed by atoms with E-state index in [9.17, 15) is 0 Å². The lowest BCUT2D eigenvalue weighted by atomic mass is 10.2. The molecule has 1 aromatic carbocycles. The second-order valence-corrected chi connectivity index (χ2v) is 3.49. The molecule has 0 unspecified atom stereocenters. The molecule has 0 aliphatic heterocycles. The van der Waals surface area contributed by atoms with Gasteiger partial charge in [-0.25, -0.2) is 0 Å². The Bertz CT molecular complexity index is 296. The fourth-order valence-electron chi connectivity index (χ4n) is 1.29. The zero-order chi connectivity index (χ0) is 10.9. The second-order valence-electron chi connectivity index (χ2n) is 3.49. The quantitative estimate of drug-likeness (QED) is 0.546. The maximum atomic E-state index is 5.39. The van der Waals surface area contributed by atoms with Crippen molar-refractivity contribution in [2.75, 3.05) is 25.1 Å². The van der Waals surface area contributed by atoms with Gasteiger partial charge in [0.15, 0.2) is 0 Å². The SMILES string of the molecule is C=CCCOCCNc1cccc(C)c1. The maximum Gasteiger partial charge on any atom is 0.0639 e. The highest BCUT2D eigenvalue weighted by molar-refractivity contribution is 5.45. The Morgan fingerprint density at radius 2 is 2.27 bits per heavy atom. The smallest absolute Gasteiger partial charge is 0.0639 e. The van der Waals surface area contributed by atoms with Gasteiger partial charge in [0.05, 0.1) is 13.2 Å². The van der Waals surface area contributed by atoms with Crippen LogP contribution in [-0.2, 0) is 4.74 Å². The zero-order valence-electron chi connectivity index (χ0n) is 9.33. The van der Waals surface area contributed by atoms with Crippen LogP contribution in [0.1, 0.15) is 12.0 Å². The summed E-state index contributed by atoms with van der Waals surface area (Å²) in [5.41, 5.74) is 2.43. The van der Waals surface area contributed by atoms with Crippen molar-refractivity contribution in [3.05, 3.63) is 42.5 Å². The average molecular weight is 205 g/mol. The van der Waals surface area contributed by atoms with E-state index in [2.05, 4.69) is 43.1 Å². The van der Waals surface area contributed by atoms with Gasteiger partial charge in [0.25, 0.3) is 0 Å². The van der Waals surface area contributed by atoms with Gasteiger partial charge >= 0.3 is 0 Å². The lowest BCUT2D eigenvalue weighted by Crippen LogP contribution is -2.09. The molecule has 0 radical (unpaired) electrons. The third-order valence-corrected chi connectivity index (χ3v) is 2.06. The molecule has 2 heteroatoms. The van der Waals surface area contributed by atoms with Gasteiger partial charge in [0.2, 0.25) is 0 Å². The van der Waals surface area contributed by atoms with E-state index in [1.165, 1.54) is 5.56 Å². The van der Waals surface area contributed by atoms with E-state index in [0.717, 1.165) is 31.9 Å². The summed E-state index contributed by atoms with van der Waals surface area (Å²) in [5.74, 6) is 0. The maximum absolute atomic E-state index is 5.39. The van der Waals surface area contributed by atoms with Gasteiger partial charge in [-0.05, 0) is 31.0 Å². The van der Waals surface area contributed by atoms with Gasteiger partial charge in [-0.1, -0.05) is 18.2 Å². The Labute approximate surface area is 92.0 Å². The molecule has 0 saturated carbocycles. The standard InChI is InChI=1S/C13H19NO/c1-3-4-9-15-10-8-14-13-7-5-6-12(2)11-13/h3,5-7,11,14H,1,4,8-10H2,2H3. The summed E-state index contributed by atoms with van der Waals surface area (Å²) >= 11 is 0. The van der Waals surface area contributed by atoms with Crippen molar-refractivity contribution in [3.63, 3.8) is 0 Å². The Hall–Kier alpha value is -1.28. The van der Waals surface area contributed by atoms with E-state index < -0.39 is 0 Å². The number of aryl methyl sites for hydroxylation is 1. The van der Waals surface area contributed by atoms with Crippen LogP contribution < -0.4 is 5.32 Å². The molecule has 0 bridgehead atoms. The molecule has 0 heterocycles. The van der Waals surface area contributed by atoms with Crippen molar-refractivity contribution in [3.8, 4) is 0 Å². The summed E-state index contributed by atoms with van der Waals surface area (Å²) in [5, 5.41) is 3.31. The summed E-state index contributed by atoms with van der Waals surface area (Å²) in [6.45, 7) is 8.08. The molecule has 0 saturated heterocycles. The fraction of sp³-hybridized carbons (Fsp3) is 0.385. The molecule has 0 aliphatic carbocycles. The highest BCUT2D eigenvalue weighted by Crippen LogP contribution is 2.08. The summed E-state index contributed by atoms with van der Waals surface area (Å²) in [4.78, 5) is 0. The number of hydrogen-bond acceptors (Lipinski definition) is 2. The normalized spacial score (nSPS) is 9.93. The molecule has 0 spiro atoms. The minimum atomic E-state index is 0.738. The first kappa shape index (κ1) is 11.8. The van der Waals surface area contributed by atoms with Crippen LogP contribution in [0.3, 0.4) is 0 Å². The van der Waals surface area contributed by atoms with Gasteiger partial charge in [0.1, 0.15) is 0 Å². The molecular formula is C13H19NO. The molecule has 0 amide bonds. The van der Waals surface area contributed by atoms with E-state index in [4.69, 9.17) is 4.74 Å². The first-order chi connectivity index (χ1) is 7.33. The number of anilines is 1. The fourth-order valence-corrected chi connectivity index (χ4v) is 1.29. The van der Waals surface area contributed by atoms with Crippen molar-refractivity contribution in [2.45, 2.75) is 13.3 Å². The van der Waals surface area contributed by atoms with Crippen molar-refractivity contribution < 1.29 is 4.74 Å². The highest BCUT2D eigenvalue weighted by atomic mass is 16.5. The van der Waals surface area contributed by atoms with Crippen molar-refractivity contribution in [2.24, 2.45) is 0 Å². The molecule has 1 N–H and O–H groups in total. The summed E-state index contributed by atoms with van der Waals surface area (Å²) in [7, 11) is 0. The lowest BCUT2D eigenvalue weighted by Gasteiger charge is -2.07. The Morgan fingerprint density at radius 3 is 3.00 bits per heavy atom. The van der Waals surface area contributed by atoms with Crippen molar-refractivity contribution >= 4 is 5.69 Å². The average Bonchev–Trinajstić information content (AvgIpc) is 2.23. The van der Waals surface area contributed by atoms with Gasteiger partial charge < -0.3 is 10.1 Å². The predicted molar refractivity (Wildman–Crippen MR) is 65.3 cm³/mol. The van der Waals surface area contributed by atoms with E-state index in [1.807, 2.05) is 6.08 Å². The summed E-state index contributed by atoms with van der Waals surface area (Å²) in [6.07, 6.45) is 2.79. The molecule has 82 valence electrons. The first-order valence-corrected chi connectivity index (χ1v) is 5.32. The Kier molecular flexibility index (Phi) is 5.56. The Morgan fingerprint density at radius 1 is 1.40 bits per heavy atom. The van der Waals surface area contributed by atoms with Crippen molar-refractivity contribution in [1.82, 2.24) is 0 Å². The van der Waals surface area contributed by atoms with Crippen LogP contribution in [-0.4, -0.2) is 19.8 Å². The van der Waals surface area contributed by atoms with Gasteiger partial charge in [-0.2, -0.15) is 0 Å². The van der Waals surface area contributed by atoms with Gasteiger partial charge in [-0.15, -0.1) is 6.58 Å². The molecule has 1 rings (SSSR count). The van der Waals surface area contributed by atoms with Gasteiger partial charge in [0, 0.05) is 12.2 Å². The van der Waals surface area contributed by atoms with Crippen LogP contribution in [0.4, 0.5) is 5.69 Å². The van der Waals surface area contributed by atoms with Crippen LogP contribution in [0, 0.1) is 6.92 Å². The number of nitrogens with one attached hydrogen (secondary N) is 1. The third kappa shape index (κ3) is 5.23. The lowest BCUT2D eigenvalue weighted by molar-refractivity contribution is 0.149. The molecule has 0 fully saturated rings. The number of benzene rings is 1. The number of rotatable bonds is 7. The van der Waals surface area contributed by atoms with Crippen LogP contribution in [0.5, 0.6) is 0 Å². The van der Waals surface area contributed by atoms with Crippen molar-refractivity contribution in [1.29, 1.82) is 0 Å². The molecule has 0 aromatic heterocycles. The van der Waals surface area contributed by atoms with E-state index in [0.29, 0.717) is 0 Å². The molecule has 1 aromatic rings. The molecule has 0 aliphatic rings. The monoisotopic (exact) mass is 205 g/mol. The molecule has 2 nitrogen and oxygen atoms in total. The first-order valence-electron chi connectivity index (χ1n) is 5.32. The molecular weight excluding hydrogens is 186 g/mol. The minimum Gasteiger partial charge on any atom is -0.383 e. The van der Waals surface area contributed by atoms with Crippen LogP contribution in [0.15, 0.2) is 36.9 Å². The van der Waals surface area contributed by atoms with Crippen LogP contribution in [0.25, 0.3) is 0 Å². The highest BCUT2D eigenvalue weighted by Gasteiger charge is 1.91. The van der Waals surface area contributed by atoms with Crippen LogP contribution >= 0.6 is 0 Å². The molecule has 0 atom stereocenters. The topological polar surface area (TPSA) is 21.3 Å². The number of ether oxygens (including phenoxy) is 1. The number of hydrogen-bond donors (Lipinski definition) is 1. The van der Waals surface area contributed by atoms with E-state index in [-0.39, 0.29) is 0 Å². The summed E-state index contributed by atoms with van der Waals surface area (Å²) < 4.78 is 5.39. The van der Waals surface area contributed by atoms with Crippen LogP contribution in [0.2, 0.25) is 0 Å².